The highest BCUT2D eigenvalue weighted by Crippen LogP contribution is 2.34. The van der Waals surface area contributed by atoms with Gasteiger partial charge in [0.05, 0.1) is 16.2 Å². The van der Waals surface area contributed by atoms with Crippen LogP contribution in [0.1, 0.15) is 11.1 Å². The van der Waals surface area contributed by atoms with Gasteiger partial charge in [0.1, 0.15) is 0 Å². The van der Waals surface area contributed by atoms with E-state index >= 15 is 0 Å². The minimum absolute atomic E-state index is 0.00679. The molecule has 0 saturated heterocycles. The van der Waals surface area contributed by atoms with E-state index in [1.165, 1.54) is 30.5 Å². The summed E-state index contributed by atoms with van der Waals surface area (Å²) in [5.74, 6) is -0.302. The first-order valence-corrected chi connectivity index (χ1v) is 12.7. The van der Waals surface area contributed by atoms with E-state index in [9.17, 15) is 21.6 Å². The van der Waals surface area contributed by atoms with E-state index in [0.29, 0.717) is 27.4 Å². The Morgan fingerprint density at radius 2 is 1.57 bits per heavy atom. The molecule has 0 radical (unpaired) electrons. The van der Waals surface area contributed by atoms with Crippen molar-refractivity contribution in [2.75, 3.05) is 0 Å². The molecule has 0 atom stereocenters. The number of nitrogens with two attached hydrogens (primary N) is 1. The predicted octanol–water partition coefficient (Wildman–Crippen LogP) is 5.88. The molecule has 0 bridgehead atoms. The first kappa shape index (κ1) is 26.2. The van der Waals surface area contributed by atoms with Gasteiger partial charge in [-0.2, -0.15) is 21.6 Å². The minimum atomic E-state index is -4.45. The SMILES string of the molecule is NC(=NS(=O)(=O)c1ccccc1)NCc1cnc(-c2ccc(C(F)(F)F)cc2)c(-c2ccc(Cl)cc2)c1. The van der Waals surface area contributed by atoms with Crippen LogP contribution in [0.5, 0.6) is 0 Å². The summed E-state index contributed by atoms with van der Waals surface area (Å²) in [6.45, 7) is 0.0977. The first-order valence-electron chi connectivity index (χ1n) is 10.8. The average molecular weight is 545 g/mol. The maximum atomic E-state index is 13.0. The van der Waals surface area contributed by atoms with Crippen LogP contribution in [0.4, 0.5) is 13.2 Å². The minimum Gasteiger partial charge on any atom is -0.369 e. The number of aromatic nitrogens is 1. The molecule has 6 nitrogen and oxygen atoms in total. The Morgan fingerprint density at radius 3 is 2.19 bits per heavy atom. The van der Waals surface area contributed by atoms with Gasteiger partial charge in [-0.05, 0) is 53.6 Å². The molecule has 0 aliphatic heterocycles. The molecule has 4 aromatic rings. The number of hydrogen-bond donors (Lipinski definition) is 2. The molecule has 1 heterocycles. The molecule has 0 unspecified atom stereocenters. The van der Waals surface area contributed by atoms with Crippen molar-refractivity contribution in [1.29, 1.82) is 0 Å². The lowest BCUT2D eigenvalue weighted by Crippen LogP contribution is -2.32. The van der Waals surface area contributed by atoms with Crippen LogP contribution in [0.15, 0.2) is 100 Å². The molecule has 4 rings (SSSR count). The molecule has 3 aromatic carbocycles. The van der Waals surface area contributed by atoms with Crippen LogP contribution >= 0.6 is 11.6 Å². The predicted molar refractivity (Wildman–Crippen MR) is 137 cm³/mol. The van der Waals surface area contributed by atoms with Gasteiger partial charge < -0.3 is 11.1 Å². The van der Waals surface area contributed by atoms with Gasteiger partial charge >= 0.3 is 6.18 Å². The first-order chi connectivity index (χ1) is 17.5. The van der Waals surface area contributed by atoms with Crippen molar-refractivity contribution >= 4 is 27.6 Å². The van der Waals surface area contributed by atoms with Crippen LogP contribution in [0, 0.1) is 0 Å². The number of sulfonamides is 1. The number of halogens is 4. The average Bonchev–Trinajstić information content (AvgIpc) is 2.88. The fourth-order valence-corrected chi connectivity index (χ4v) is 4.56. The smallest absolute Gasteiger partial charge is 0.369 e. The van der Waals surface area contributed by atoms with E-state index in [1.54, 1.807) is 48.5 Å². The quantitative estimate of drug-likeness (QED) is 0.233. The Hall–Kier alpha value is -3.89. The lowest BCUT2D eigenvalue weighted by molar-refractivity contribution is -0.137. The second-order valence-corrected chi connectivity index (χ2v) is 9.98. The summed E-state index contributed by atoms with van der Waals surface area (Å²) in [5, 5.41) is 3.28. The summed E-state index contributed by atoms with van der Waals surface area (Å²) in [5.41, 5.74) is 8.03. The molecular formula is C26H20ClF3N4O2S. The highest BCUT2D eigenvalue weighted by atomic mass is 35.5. The monoisotopic (exact) mass is 544 g/mol. The number of nitrogens with zero attached hydrogens (tertiary/aromatic N) is 2. The van der Waals surface area contributed by atoms with Crippen LogP contribution in [0.25, 0.3) is 22.4 Å². The molecule has 0 aliphatic carbocycles. The van der Waals surface area contributed by atoms with Gasteiger partial charge in [0.2, 0.25) is 5.96 Å². The summed E-state index contributed by atoms with van der Waals surface area (Å²) in [7, 11) is -3.98. The third kappa shape index (κ3) is 6.46. The van der Waals surface area contributed by atoms with Crippen LogP contribution in [0.2, 0.25) is 5.02 Å². The summed E-state index contributed by atoms with van der Waals surface area (Å²) < 4.78 is 67.5. The van der Waals surface area contributed by atoms with Crippen molar-refractivity contribution in [3.63, 3.8) is 0 Å². The maximum absolute atomic E-state index is 13.0. The number of rotatable bonds is 6. The number of benzene rings is 3. The molecule has 0 spiro atoms. The molecular weight excluding hydrogens is 525 g/mol. The zero-order valence-corrected chi connectivity index (χ0v) is 20.6. The second kappa shape index (κ2) is 10.6. The fourth-order valence-electron chi connectivity index (χ4n) is 3.50. The molecule has 0 amide bonds. The Morgan fingerprint density at radius 1 is 0.946 bits per heavy atom. The molecule has 3 N–H and O–H groups in total. The molecule has 1 aromatic heterocycles. The normalized spacial score (nSPS) is 12.4. The molecule has 0 saturated carbocycles. The number of pyridine rings is 1. The van der Waals surface area contributed by atoms with Gasteiger partial charge in [0.25, 0.3) is 10.0 Å². The lowest BCUT2D eigenvalue weighted by Gasteiger charge is -2.14. The maximum Gasteiger partial charge on any atom is 0.416 e. The van der Waals surface area contributed by atoms with Gasteiger partial charge in [-0.25, -0.2) is 0 Å². The zero-order valence-electron chi connectivity index (χ0n) is 19.1. The van der Waals surface area contributed by atoms with E-state index in [0.717, 1.165) is 17.7 Å². The largest absolute Gasteiger partial charge is 0.416 e. The number of hydrogen-bond acceptors (Lipinski definition) is 3. The number of guanidine groups is 1. The third-order valence-electron chi connectivity index (χ3n) is 5.32. The van der Waals surface area contributed by atoms with Crippen molar-refractivity contribution in [1.82, 2.24) is 10.3 Å². The van der Waals surface area contributed by atoms with Gasteiger partial charge in [-0.3, -0.25) is 4.98 Å². The molecule has 190 valence electrons. The fraction of sp³-hybridized carbons (Fsp3) is 0.0769. The summed E-state index contributed by atoms with van der Waals surface area (Å²) >= 11 is 6.02. The van der Waals surface area contributed by atoms with Crippen LogP contribution in [0.3, 0.4) is 0 Å². The summed E-state index contributed by atoms with van der Waals surface area (Å²) in [6.07, 6.45) is -2.92. The zero-order chi connectivity index (χ0) is 26.6. The molecule has 11 heteroatoms. The van der Waals surface area contributed by atoms with Gasteiger partial charge in [-0.1, -0.05) is 54.1 Å². The van der Waals surface area contributed by atoms with Crippen molar-refractivity contribution in [3.05, 3.63) is 107 Å². The standard InChI is InChI=1S/C26H20ClF3N4O2S/c27-21-12-8-18(9-13-21)23-14-17(15-32-24(23)19-6-10-20(11-7-19)26(28,29)30)16-33-25(31)34-37(35,36)22-4-2-1-3-5-22/h1-15H,16H2,(H3,31,33,34). The number of alkyl halides is 3. The topological polar surface area (TPSA) is 97.4 Å². The summed E-state index contributed by atoms with van der Waals surface area (Å²) in [4.78, 5) is 4.49. The van der Waals surface area contributed by atoms with Crippen molar-refractivity contribution in [2.24, 2.45) is 10.1 Å². The molecule has 37 heavy (non-hydrogen) atoms. The second-order valence-electron chi connectivity index (χ2n) is 7.94. The van der Waals surface area contributed by atoms with Crippen LogP contribution in [-0.2, 0) is 22.7 Å². The van der Waals surface area contributed by atoms with E-state index in [2.05, 4.69) is 14.7 Å². The Bertz CT molecular complexity index is 1530. The Balaban J connectivity index is 1.63. The highest BCUT2D eigenvalue weighted by Gasteiger charge is 2.30. The summed E-state index contributed by atoms with van der Waals surface area (Å²) in [6, 6.07) is 21.1. The van der Waals surface area contributed by atoms with Crippen LogP contribution in [-0.4, -0.2) is 19.4 Å². The lowest BCUT2D eigenvalue weighted by atomic mass is 9.97. The van der Waals surface area contributed by atoms with E-state index in [-0.39, 0.29) is 17.4 Å². The van der Waals surface area contributed by atoms with Gasteiger partial charge in [-0.15, -0.1) is 4.40 Å². The van der Waals surface area contributed by atoms with Crippen LogP contribution < -0.4 is 11.1 Å². The Kier molecular flexibility index (Phi) is 7.51. The van der Waals surface area contributed by atoms with E-state index < -0.39 is 21.8 Å². The third-order valence-corrected chi connectivity index (χ3v) is 6.88. The van der Waals surface area contributed by atoms with E-state index in [1.807, 2.05) is 0 Å². The van der Waals surface area contributed by atoms with Crippen molar-refractivity contribution < 1.29 is 21.6 Å². The molecule has 0 fully saturated rings. The molecule has 0 aliphatic rings. The van der Waals surface area contributed by atoms with E-state index in [4.69, 9.17) is 17.3 Å². The van der Waals surface area contributed by atoms with Gasteiger partial charge in [0, 0.05) is 28.9 Å². The van der Waals surface area contributed by atoms with Crippen molar-refractivity contribution in [2.45, 2.75) is 17.6 Å². The number of nitrogens with one attached hydrogen (secondary N) is 1. The Labute approximate surface area is 216 Å². The highest BCUT2D eigenvalue weighted by molar-refractivity contribution is 7.90. The van der Waals surface area contributed by atoms with Gasteiger partial charge in [0.15, 0.2) is 0 Å². The van der Waals surface area contributed by atoms with Crippen molar-refractivity contribution in [3.8, 4) is 22.4 Å².